The third-order valence-corrected chi connectivity index (χ3v) is 2.77. The summed E-state index contributed by atoms with van der Waals surface area (Å²) in [4.78, 5) is 0. The molecule has 0 spiro atoms. The van der Waals surface area contributed by atoms with Gasteiger partial charge < -0.3 is 4.43 Å². The van der Waals surface area contributed by atoms with Crippen molar-refractivity contribution in [1.82, 2.24) is 0 Å². The van der Waals surface area contributed by atoms with Crippen molar-refractivity contribution in [3.8, 4) is 0 Å². The van der Waals surface area contributed by atoms with Gasteiger partial charge in [-0.25, -0.2) is 0 Å². The van der Waals surface area contributed by atoms with Gasteiger partial charge >= 0.3 is 0 Å². The van der Waals surface area contributed by atoms with Crippen LogP contribution in [0.4, 0.5) is 0 Å². The van der Waals surface area contributed by atoms with Gasteiger partial charge in [-0.3, -0.25) is 0 Å². The van der Waals surface area contributed by atoms with E-state index in [0.717, 1.165) is 16.9 Å². The fourth-order valence-electron chi connectivity index (χ4n) is 1.35. The Hall–Kier alpha value is -1.28. The van der Waals surface area contributed by atoms with E-state index in [1.807, 2.05) is 30.3 Å². The van der Waals surface area contributed by atoms with Gasteiger partial charge in [-0.2, -0.15) is 0 Å². The van der Waals surface area contributed by atoms with Crippen molar-refractivity contribution < 1.29 is 4.43 Å². The molecule has 0 atom stereocenters. The Morgan fingerprint density at radius 1 is 1.27 bits per heavy atom. The summed E-state index contributed by atoms with van der Waals surface area (Å²) in [6.07, 6.45) is 1.83. The van der Waals surface area contributed by atoms with E-state index in [4.69, 9.17) is 4.43 Å². The first-order valence-electron chi connectivity index (χ1n) is 5.04. The van der Waals surface area contributed by atoms with E-state index >= 15 is 0 Å². The minimum absolute atomic E-state index is 0.754. The predicted octanol–water partition coefficient (Wildman–Crippen LogP) is 4.15. The van der Waals surface area contributed by atoms with Crippen molar-refractivity contribution in [2.75, 3.05) is 0 Å². The monoisotopic (exact) mass is 218 g/mol. The zero-order chi connectivity index (χ0) is 11.5. The first-order valence-corrected chi connectivity index (χ1v) is 8.44. The average molecular weight is 218 g/mol. The molecule has 0 bridgehead atoms. The lowest BCUT2D eigenvalue weighted by Gasteiger charge is -2.22. The van der Waals surface area contributed by atoms with E-state index in [0.29, 0.717) is 0 Å². The van der Waals surface area contributed by atoms with Gasteiger partial charge in [-0.05, 0) is 25.2 Å². The molecule has 0 N–H and O–H groups in total. The fourth-order valence-corrected chi connectivity index (χ4v) is 2.20. The van der Waals surface area contributed by atoms with E-state index in [2.05, 4.69) is 32.8 Å². The van der Waals surface area contributed by atoms with Crippen molar-refractivity contribution in [2.45, 2.75) is 19.6 Å². The highest BCUT2D eigenvalue weighted by molar-refractivity contribution is 6.70. The highest BCUT2D eigenvalue weighted by atomic mass is 28.4. The van der Waals surface area contributed by atoms with E-state index in [1.165, 1.54) is 0 Å². The second kappa shape index (κ2) is 4.49. The first-order chi connectivity index (χ1) is 6.94. The van der Waals surface area contributed by atoms with Gasteiger partial charge in [-0.1, -0.05) is 43.5 Å². The molecule has 0 saturated carbocycles. The van der Waals surface area contributed by atoms with Crippen molar-refractivity contribution in [3.63, 3.8) is 0 Å². The van der Waals surface area contributed by atoms with E-state index < -0.39 is 8.32 Å². The molecule has 15 heavy (non-hydrogen) atoms. The summed E-state index contributed by atoms with van der Waals surface area (Å²) in [5.41, 5.74) is 2.11. The molecule has 0 fully saturated rings. The zero-order valence-electron chi connectivity index (χ0n) is 9.71. The minimum Gasteiger partial charge on any atom is -0.544 e. The van der Waals surface area contributed by atoms with E-state index in [-0.39, 0.29) is 0 Å². The van der Waals surface area contributed by atoms with Crippen LogP contribution in [0.2, 0.25) is 19.6 Å². The van der Waals surface area contributed by atoms with Crippen LogP contribution in [0, 0.1) is 0 Å². The molecule has 0 aliphatic heterocycles. The second-order valence-electron chi connectivity index (χ2n) is 4.43. The second-order valence-corrected chi connectivity index (χ2v) is 8.86. The van der Waals surface area contributed by atoms with Gasteiger partial charge in [0.25, 0.3) is 0 Å². The maximum Gasteiger partial charge on any atom is 0.242 e. The van der Waals surface area contributed by atoms with Gasteiger partial charge in [0, 0.05) is 5.56 Å². The molecule has 0 amide bonds. The van der Waals surface area contributed by atoms with Crippen LogP contribution in [0.1, 0.15) is 11.1 Å². The topological polar surface area (TPSA) is 9.23 Å². The van der Waals surface area contributed by atoms with Gasteiger partial charge in [0.1, 0.15) is 5.76 Å². The number of hydrogen-bond acceptors (Lipinski definition) is 1. The molecule has 0 saturated heterocycles. The average Bonchev–Trinajstić information content (AvgIpc) is 2.15. The molecule has 1 aromatic rings. The smallest absolute Gasteiger partial charge is 0.242 e. The summed E-state index contributed by atoms with van der Waals surface area (Å²) in [6, 6.07) is 8.00. The van der Waals surface area contributed by atoms with Gasteiger partial charge in [0.15, 0.2) is 0 Å². The Bertz CT molecular complexity index is 374. The van der Waals surface area contributed by atoms with Crippen molar-refractivity contribution in [2.24, 2.45) is 0 Å². The van der Waals surface area contributed by atoms with Crippen molar-refractivity contribution in [1.29, 1.82) is 0 Å². The SMILES string of the molecule is C=Cc1ccccc1C(=C)O[Si](C)(C)C. The fraction of sp³-hybridized carbons (Fsp3) is 0.231. The molecule has 0 heterocycles. The lowest BCUT2D eigenvalue weighted by atomic mass is 10.1. The molecule has 80 valence electrons. The molecule has 1 aromatic carbocycles. The van der Waals surface area contributed by atoms with Gasteiger partial charge in [0.2, 0.25) is 8.32 Å². The molecule has 0 unspecified atom stereocenters. The number of benzene rings is 1. The normalized spacial score (nSPS) is 10.9. The van der Waals surface area contributed by atoms with Crippen LogP contribution in [-0.2, 0) is 4.43 Å². The zero-order valence-corrected chi connectivity index (χ0v) is 10.7. The molecule has 0 radical (unpaired) electrons. The van der Waals surface area contributed by atoms with Crippen LogP contribution in [0.25, 0.3) is 11.8 Å². The van der Waals surface area contributed by atoms with Gasteiger partial charge in [-0.15, -0.1) is 0 Å². The summed E-state index contributed by atoms with van der Waals surface area (Å²) in [5, 5.41) is 0. The van der Waals surface area contributed by atoms with Crippen molar-refractivity contribution >= 4 is 20.2 Å². The standard InChI is InChI=1S/C13H18OSi/c1-6-12-9-7-8-10-13(12)11(2)14-15(3,4)5/h6-10H,1-2H2,3-5H3. The molecule has 2 heteroatoms. The summed E-state index contributed by atoms with van der Waals surface area (Å²) >= 11 is 0. The summed E-state index contributed by atoms with van der Waals surface area (Å²) < 4.78 is 5.86. The summed E-state index contributed by atoms with van der Waals surface area (Å²) in [7, 11) is -1.57. The Morgan fingerprint density at radius 3 is 2.40 bits per heavy atom. The minimum atomic E-state index is -1.57. The van der Waals surface area contributed by atoms with Crippen LogP contribution >= 0.6 is 0 Å². The Labute approximate surface area is 93.2 Å². The Morgan fingerprint density at radius 2 is 1.87 bits per heavy atom. The van der Waals surface area contributed by atoms with Gasteiger partial charge in [0.05, 0.1) is 0 Å². The third-order valence-electron chi connectivity index (χ3n) is 1.91. The van der Waals surface area contributed by atoms with Crippen LogP contribution in [0.3, 0.4) is 0 Å². The largest absolute Gasteiger partial charge is 0.544 e. The predicted molar refractivity (Wildman–Crippen MR) is 70.0 cm³/mol. The first kappa shape index (κ1) is 11.8. The van der Waals surface area contributed by atoms with Crippen LogP contribution in [0.15, 0.2) is 37.4 Å². The quantitative estimate of drug-likeness (QED) is 0.545. The lowest BCUT2D eigenvalue weighted by molar-refractivity contribution is 0.516. The molecule has 0 aliphatic rings. The molecular weight excluding hydrogens is 200 g/mol. The summed E-state index contributed by atoms with van der Waals surface area (Å²) in [6.45, 7) is 14.2. The molecular formula is C13H18OSi. The third kappa shape index (κ3) is 3.40. The highest BCUT2D eigenvalue weighted by Gasteiger charge is 2.18. The molecule has 0 aliphatic carbocycles. The molecule has 1 nitrogen and oxygen atoms in total. The molecule has 1 rings (SSSR count). The van der Waals surface area contributed by atoms with E-state index in [1.54, 1.807) is 0 Å². The van der Waals surface area contributed by atoms with Crippen LogP contribution in [0.5, 0.6) is 0 Å². The number of hydrogen-bond donors (Lipinski definition) is 0. The van der Waals surface area contributed by atoms with Crippen molar-refractivity contribution in [3.05, 3.63) is 48.6 Å². The Kier molecular flexibility index (Phi) is 3.53. The number of rotatable bonds is 4. The maximum absolute atomic E-state index is 5.86. The summed E-state index contributed by atoms with van der Waals surface area (Å²) in [5.74, 6) is 0.754. The van der Waals surface area contributed by atoms with E-state index in [9.17, 15) is 0 Å². The maximum atomic E-state index is 5.86. The Balaban J connectivity index is 2.96. The molecule has 0 aromatic heterocycles. The van der Waals surface area contributed by atoms with Crippen LogP contribution in [-0.4, -0.2) is 8.32 Å². The lowest BCUT2D eigenvalue weighted by Crippen LogP contribution is -2.24. The van der Waals surface area contributed by atoms with Crippen LogP contribution < -0.4 is 0 Å². The highest BCUT2D eigenvalue weighted by Crippen LogP contribution is 2.23.